The van der Waals surface area contributed by atoms with Crippen molar-refractivity contribution in [3.63, 3.8) is 0 Å². The topological polar surface area (TPSA) is 21.3 Å². The van der Waals surface area contributed by atoms with Gasteiger partial charge in [0.2, 0.25) is 0 Å². The molecule has 0 saturated heterocycles. The molecule has 2 aromatic carbocycles. The minimum absolute atomic E-state index is 0.257. The minimum atomic E-state index is -0.618. The van der Waals surface area contributed by atoms with Crippen LogP contribution in [0, 0.1) is 11.6 Å². The Morgan fingerprint density at radius 1 is 1.10 bits per heavy atom. The van der Waals surface area contributed by atoms with Crippen molar-refractivity contribution in [2.45, 2.75) is 13.2 Å². The van der Waals surface area contributed by atoms with Crippen molar-refractivity contribution in [3.8, 4) is 0 Å². The van der Waals surface area contributed by atoms with Crippen LogP contribution < -0.4 is 5.32 Å². The molecule has 0 heterocycles. The van der Waals surface area contributed by atoms with Gasteiger partial charge in [-0.1, -0.05) is 24.3 Å². The first-order valence-corrected chi connectivity index (χ1v) is 6.84. The number of hydrogen-bond acceptors (Lipinski definition) is 2. The summed E-state index contributed by atoms with van der Waals surface area (Å²) in [5, 5.41) is 2.96. The van der Waals surface area contributed by atoms with E-state index in [2.05, 4.69) is 21.2 Å². The predicted octanol–water partition coefficient (Wildman–Crippen LogP) is 4.49. The maximum absolute atomic E-state index is 13.6. The van der Waals surface area contributed by atoms with Crippen LogP contribution in [0.1, 0.15) is 11.1 Å². The molecule has 20 heavy (non-hydrogen) atoms. The van der Waals surface area contributed by atoms with Gasteiger partial charge in [0.1, 0.15) is 11.6 Å². The van der Waals surface area contributed by atoms with Gasteiger partial charge < -0.3 is 10.1 Å². The van der Waals surface area contributed by atoms with E-state index in [0.29, 0.717) is 17.6 Å². The van der Waals surface area contributed by atoms with E-state index in [0.717, 1.165) is 17.2 Å². The molecular formula is C15H14BrF2NO. The number of ether oxygens (including phenoxy) is 1. The lowest BCUT2D eigenvalue weighted by Crippen LogP contribution is -2.03. The van der Waals surface area contributed by atoms with Crippen LogP contribution in [-0.4, -0.2) is 7.11 Å². The lowest BCUT2D eigenvalue weighted by Gasteiger charge is -2.10. The second-order valence-electron chi connectivity index (χ2n) is 4.35. The monoisotopic (exact) mass is 341 g/mol. The summed E-state index contributed by atoms with van der Waals surface area (Å²) in [5.74, 6) is -1.23. The summed E-state index contributed by atoms with van der Waals surface area (Å²) in [4.78, 5) is 0. The average Bonchev–Trinajstić information content (AvgIpc) is 2.39. The van der Waals surface area contributed by atoms with Crippen molar-refractivity contribution in [2.24, 2.45) is 0 Å². The van der Waals surface area contributed by atoms with Gasteiger partial charge in [0.15, 0.2) is 0 Å². The Labute approximate surface area is 124 Å². The maximum Gasteiger partial charge on any atom is 0.150 e. The Kier molecular flexibility index (Phi) is 5.09. The Hall–Kier alpha value is -1.46. The normalized spacial score (nSPS) is 10.6. The highest BCUT2D eigenvalue weighted by atomic mass is 79.9. The second kappa shape index (κ2) is 6.81. The summed E-state index contributed by atoms with van der Waals surface area (Å²) < 4.78 is 32.0. The van der Waals surface area contributed by atoms with E-state index >= 15 is 0 Å². The van der Waals surface area contributed by atoms with Crippen LogP contribution in [0.15, 0.2) is 40.9 Å². The van der Waals surface area contributed by atoms with E-state index < -0.39 is 11.6 Å². The molecule has 0 aromatic heterocycles. The number of anilines is 1. The number of benzene rings is 2. The van der Waals surface area contributed by atoms with E-state index in [-0.39, 0.29) is 5.69 Å². The number of methoxy groups -OCH3 is 1. The third-order valence-corrected chi connectivity index (χ3v) is 3.44. The van der Waals surface area contributed by atoms with Gasteiger partial charge in [0, 0.05) is 24.2 Å². The predicted molar refractivity (Wildman–Crippen MR) is 78.5 cm³/mol. The van der Waals surface area contributed by atoms with E-state index in [4.69, 9.17) is 4.74 Å². The molecule has 0 radical (unpaired) electrons. The van der Waals surface area contributed by atoms with Crippen LogP contribution >= 0.6 is 15.9 Å². The highest BCUT2D eigenvalue weighted by molar-refractivity contribution is 9.10. The number of rotatable bonds is 5. The minimum Gasteiger partial charge on any atom is -0.380 e. The van der Waals surface area contributed by atoms with Gasteiger partial charge in [0.05, 0.1) is 12.3 Å². The Morgan fingerprint density at radius 3 is 2.35 bits per heavy atom. The van der Waals surface area contributed by atoms with E-state index in [1.165, 1.54) is 6.07 Å². The van der Waals surface area contributed by atoms with Crippen LogP contribution in [0.3, 0.4) is 0 Å². The Morgan fingerprint density at radius 2 is 1.75 bits per heavy atom. The molecule has 0 amide bonds. The fourth-order valence-electron chi connectivity index (χ4n) is 1.82. The maximum atomic E-state index is 13.6. The zero-order valence-electron chi connectivity index (χ0n) is 10.9. The molecule has 1 N–H and O–H groups in total. The molecule has 2 nitrogen and oxygen atoms in total. The third kappa shape index (κ3) is 3.77. The molecule has 0 saturated carbocycles. The van der Waals surface area contributed by atoms with Gasteiger partial charge in [-0.2, -0.15) is 0 Å². The summed E-state index contributed by atoms with van der Waals surface area (Å²) in [5.41, 5.74) is 2.33. The number of halogens is 3. The van der Waals surface area contributed by atoms with E-state index in [1.54, 1.807) is 7.11 Å². The van der Waals surface area contributed by atoms with Crippen molar-refractivity contribution < 1.29 is 13.5 Å². The van der Waals surface area contributed by atoms with Gasteiger partial charge >= 0.3 is 0 Å². The molecule has 0 aliphatic heterocycles. The third-order valence-electron chi connectivity index (χ3n) is 2.81. The lowest BCUT2D eigenvalue weighted by atomic mass is 10.1. The lowest BCUT2D eigenvalue weighted by molar-refractivity contribution is 0.185. The second-order valence-corrected chi connectivity index (χ2v) is 5.20. The quantitative estimate of drug-likeness (QED) is 0.865. The van der Waals surface area contributed by atoms with Gasteiger partial charge in [0.25, 0.3) is 0 Å². The smallest absolute Gasteiger partial charge is 0.150 e. The molecule has 5 heteroatoms. The molecule has 0 aliphatic carbocycles. The molecule has 106 valence electrons. The van der Waals surface area contributed by atoms with Crippen LogP contribution in [0.5, 0.6) is 0 Å². The van der Waals surface area contributed by atoms with Gasteiger partial charge in [-0.3, -0.25) is 0 Å². The molecule has 0 unspecified atom stereocenters. The SMILES string of the molecule is COCc1ccc(CNc2c(F)cc(F)cc2Br)cc1. The number of hydrogen-bond donors (Lipinski definition) is 1. The molecule has 2 aromatic rings. The molecular weight excluding hydrogens is 328 g/mol. The van der Waals surface area contributed by atoms with Gasteiger partial charge in [-0.25, -0.2) is 8.78 Å². The average molecular weight is 342 g/mol. The van der Waals surface area contributed by atoms with Crippen LogP contribution in [0.2, 0.25) is 0 Å². The Bertz CT molecular complexity index is 564. The molecule has 0 bridgehead atoms. The van der Waals surface area contributed by atoms with Crippen LogP contribution in [0.4, 0.5) is 14.5 Å². The highest BCUT2D eigenvalue weighted by Crippen LogP contribution is 2.27. The Balaban J connectivity index is 2.05. The molecule has 2 rings (SSSR count). The fourth-order valence-corrected chi connectivity index (χ4v) is 2.37. The standard InChI is InChI=1S/C15H14BrF2NO/c1-20-9-11-4-2-10(3-5-11)8-19-15-13(16)6-12(17)7-14(15)18/h2-7,19H,8-9H2,1H3. The highest BCUT2D eigenvalue weighted by Gasteiger charge is 2.09. The van der Waals surface area contributed by atoms with Crippen molar-refractivity contribution in [3.05, 3.63) is 63.6 Å². The first kappa shape index (κ1) is 14.9. The van der Waals surface area contributed by atoms with E-state index in [1.807, 2.05) is 24.3 Å². The summed E-state index contributed by atoms with van der Waals surface area (Å²) in [6, 6.07) is 9.88. The van der Waals surface area contributed by atoms with Crippen molar-refractivity contribution in [1.82, 2.24) is 0 Å². The molecule has 0 aliphatic rings. The summed E-state index contributed by atoms with van der Waals surface area (Å²) in [6.07, 6.45) is 0. The summed E-state index contributed by atoms with van der Waals surface area (Å²) >= 11 is 3.14. The fraction of sp³-hybridized carbons (Fsp3) is 0.200. The molecule has 0 spiro atoms. The first-order chi connectivity index (χ1) is 9.60. The summed E-state index contributed by atoms with van der Waals surface area (Å²) in [7, 11) is 1.64. The first-order valence-electron chi connectivity index (χ1n) is 6.05. The zero-order valence-corrected chi connectivity index (χ0v) is 12.5. The van der Waals surface area contributed by atoms with Crippen molar-refractivity contribution >= 4 is 21.6 Å². The molecule has 0 atom stereocenters. The number of nitrogens with one attached hydrogen (secondary N) is 1. The van der Waals surface area contributed by atoms with E-state index in [9.17, 15) is 8.78 Å². The zero-order chi connectivity index (χ0) is 14.5. The van der Waals surface area contributed by atoms with Crippen molar-refractivity contribution in [1.29, 1.82) is 0 Å². The largest absolute Gasteiger partial charge is 0.380 e. The van der Waals surface area contributed by atoms with Gasteiger partial charge in [-0.15, -0.1) is 0 Å². The molecule has 0 fully saturated rings. The van der Waals surface area contributed by atoms with Crippen molar-refractivity contribution in [2.75, 3.05) is 12.4 Å². The summed E-state index contributed by atoms with van der Waals surface area (Å²) in [6.45, 7) is 1.01. The van der Waals surface area contributed by atoms with Crippen LogP contribution in [0.25, 0.3) is 0 Å². The van der Waals surface area contributed by atoms with Gasteiger partial charge in [-0.05, 0) is 33.1 Å². The van der Waals surface area contributed by atoms with Crippen LogP contribution in [-0.2, 0) is 17.9 Å².